The van der Waals surface area contributed by atoms with E-state index in [4.69, 9.17) is 34.8 Å². The van der Waals surface area contributed by atoms with Gasteiger partial charge in [-0.25, -0.2) is 14.3 Å². The van der Waals surface area contributed by atoms with Gasteiger partial charge in [0.25, 0.3) is 11.8 Å². The van der Waals surface area contributed by atoms with Gasteiger partial charge in [-0.3, -0.25) is 9.59 Å². The minimum absolute atomic E-state index is 0.0950. The molecule has 228 valence electrons. The highest BCUT2D eigenvalue weighted by Gasteiger charge is 2.25. The number of amides is 2. The molecule has 5 rings (SSSR count). The van der Waals surface area contributed by atoms with Gasteiger partial charge in [0.05, 0.1) is 51.4 Å². The van der Waals surface area contributed by atoms with Crippen molar-refractivity contribution in [1.29, 1.82) is 5.26 Å². The predicted octanol–water partition coefficient (Wildman–Crippen LogP) is 6.50. The van der Waals surface area contributed by atoms with Crippen molar-refractivity contribution in [3.63, 3.8) is 0 Å². The molecule has 0 saturated carbocycles. The summed E-state index contributed by atoms with van der Waals surface area (Å²) in [6.45, 7) is 7.36. The Labute approximate surface area is 273 Å². The van der Waals surface area contributed by atoms with Gasteiger partial charge in [0.1, 0.15) is 11.4 Å². The largest absolute Gasteiger partial charge is 0.347 e. The molecule has 0 bridgehead atoms. The third kappa shape index (κ3) is 7.15. The topological polar surface area (TPSA) is 143 Å². The van der Waals surface area contributed by atoms with Crippen LogP contribution in [0.3, 0.4) is 0 Å². The minimum Gasteiger partial charge on any atom is -0.347 e. The summed E-state index contributed by atoms with van der Waals surface area (Å²) in [6.07, 6.45) is 3.23. The highest BCUT2D eigenvalue weighted by atomic mass is 35.5. The average molecular weight is 663 g/mol. The van der Waals surface area contributed by atoms with Gasteiger partial charge in [-0.2, -0.15) is 10.4 Å². The van der Waals surface area contributed by atoms with Crippen molar-refractivity contribution < 1.29 is 9.59 Å². The van der Waals surface area contributed by atoms with Crippen LogP contribution in [0.5, 0.6) is 0 Å². The summed E-state index contributed by atoms with van der Waals surface area (Å²) in [7, 11) is 0. The maximum absolute atomic E-state index is 13.9. The third-order valence-corrected chi connectivity index (χ3v) is 7.28. The highest BCUT2D eigenvalue weighted by molar-refractivity contribution is 6.36. The number of hydrogen-bond donors (Lipinski definition) is 2. The molecule has 11 nitrogen and oxygen atoms in total. The van der Waals surface area contributed by atoms with Crippen molar-refractivity contribution in [2.24, 2.45) is 0 Å². The lowest BCUT2D eigenvalue weighted by molar-refractivity contribution is 0.0920. The van der Waals surface area contributed by atoms with E-state index in [2.05, 4.69) is 37.1 Å². The third-order valence-electron chi connectivity index (χ3n) is 6.44. The maximum atomic E-state index is 13.9. The van der Waals surface area contributed by atoms with Crippen molar-refractivity contribution in [3.8, 4) is 23.1 Å². The fourth-order valence-electron chi connectivity index (χ4n) is 4.51. The number of pyridine rings is 1. The van der Waals surface area contributed by atoms with E-state index >= 15 is 0 Å². The lowest BCUT2D eigenvalue weighted by Gasteiger charge is -2.22. The molecule has 3 heterocycles. The number of nitrogens with one attached hydrogen (secondary N) is 2. The fraction of sp³-hybridized carbons (Fsp3) is 0.194. The van der Waals surface area contributed by atoms with Crippen LogP contribution < -0.4 is 10.6 Å². The number of halogens is 3. The molecule has 5 aromatic rings. The standard InChI is InChI=1S/C31H26Cl3N9O2/c1-17-10-18(14-35)11-22(29(44)38-31(2,3)4)27(17)37-30(45)26-13-20(40-43(26)28-23(33)6-5-9-36-28)15-42-16-25(39-41-42)21-8-7-19(32)12-24(21)34/h5-13,16H,15H2,1-4H3,(H,37,45)(H,38,44). The first-order valence-electron chi connectivity index (χ1n) is 13.6. The molecule has 0 atom stereocenters. The molecule has 0 aliphatic heterocycles. The van der Waals surface area contributed by atoms with Crippen molar-refractivity contribution in [1.82, 2.24) is 35.1 Å². The first-order valence-corrected chi connectivity index (χ1v) is 14.7. The van der Waals surface area contributed by atoms with E-state index in [1.54, 1.807) is 60.3 Å². The second-order valence-electron chi connectivity index (χ2n) is 11.2. The summed E-state index contributed by atoms with van der Waals surface area (Å²) in [5, 5.41) is 29.5. The molecule has 0 aliphatic rings. The number of carbonyl (C=O) groups excluding carboxylic acids is 2. The quantitative estimate of drug-likeness (QED) is 0.203. The molecular formula is C31H26Cl3N9O2. The zero-order valence-electron chi connectivity index (χ0n) is 24.6. The monoisotopic (exact) mass is 661 g/mol. The second kappa shape index (κ2) is 12.7. The molecule has 0 radical (unpaired) electrons. The molecule has 0 saturated heterocycles. The van der Waals surface area contributed by atoms with Crippen molar-refractivity contribution in [2.75, 3.05) is 5.32 Å². The first kappa shape index (κ1) is 31.7. The molecule has 0 fully saturated rings. The summed E-state index contributed by atoms with van der Waals surface area (Å²) < 4.78 is 2.88. The number of nitrogens with zero attached hydrogens (tertiary/aromatic N) is 7. The number of aromatic nitrogens is 6. The Morgan fingerprint density at radius 2 is 1.80 bits per heavy atom. The normalized spacial score (nSPS) is 11.2. The molecule has 3 aromatic heterocycles. The molecule has 45 heavy (non-hydrogen) atoms. The molecule has 2 amide bonds. The van der Waals surface area contributed by atoms with E-state index < -0.39 is 17.4 Å². The Hall–Kier alpha value is -4.76. The Morgan fingerprint density at radius 3 is 2.49 bits per heavy atom. The highest BCUT2D eigenvalue weighted by Crippen LogP contribution is 2.29. The predicted molar refractivity (Wildman–Crippen MR) is 172 cm³/mol. The van der Waals surface area contributed by atoms with E-state index in [9.17, 15) is 14.9 Å². The summed E-state index contributed by atoms with van der Waals surface area (Å²) >= 11 is 18.8. The molecule has 0 spiro atoms. The summed E-state index contributed by atoms with van der Waals surface area (Å²) in [4.78, 5) is 31.5. The number of carbonyl (C=O) groups is 2. The molecular weight excluding hydrogens is 637 g/mol. The average Bonchev–Trinajstić information content (AvgIpc) is 3.60. The maximum Gasteiger partial charge on any atom is 0.274 e. The van der Waals surface area contributed by atoms with Crippen molar-refractivity contribution in [3.05, 3.63) is 104 Å². The van der Waals surface area contributed by atoms with Crippen LogP contribution in [0.1, 0.15) is 58.4 Å². The Morgan fingerprint density at radius 1 is 1.02 bits per heavy atom. The van der Waals surface area contributed by atoms with Crippen molar-refractivity contribution >= 4 is 52.3 Å². The second-order valence-corrected chi connectivity index (χ2v) is 12.4. The van der Waals surface area contributed by atoms with Crippen LogP contribution in [0.15, 0.2) is 60.9 Å². The van der Waals surface area contributed by atoms with Crippen LogP contribution >= 0.6 is 34.8 Å². The van der Waals surface area contributed by atoms with E-state index in [1.807, 2.05) is 20.8 Å². The van der Waals surface area contributed by atoms with E-state index in [1.165, 1.54) is 16.9 Å². The van der Waals surface area contributed by atoms with Gasteiger partial charge in [0.15, 0.2) is 5.82 Å². The molecule has 0 unspecified atom stereocenters. The summed E-state index contributed by atoms with van der Waals surface area (Å²) in [6, 6.07) is 15.0. The smallest absolute Gasteiger partial charge is 0.274 e. The van der Waals surface area contributed by atoms with Gasteiger partial charge in [-0.05, 0) is 81.8 Å². The fourth-order valence-corrected chi connectivity index (χ4v) is 5.22. The zero-order chi connectivity index (χ0) is 32.5. The van der Waals surface area contributed by atoms with E-state index in [0.29, 0.717) is 32.6 Å². The summed E-state index contributed by atoms with van der Waals surface area (Å²) in [5.41, 5.74) is 2.37. The van der Waals surface area contributed by atoms with Crippen LogP contribution in [0.25, 0.3) is 17.1 Å². The van der Waals surface area contributed by atoms with Crippen molar-refractivity contribution in [2.45, 2.75) is 39.8 Å². The number of nitriles is 1. The van der Waals surface area contributed by atoms with Gasteiger partial charge in [0, 0.05) is 22.3 Å². The first-order chi connectivity index (χ1) is 21.3. The number of aryl methyl sites for hydroxylation is 1. The Balaban J connectivity index is 1.52. The van der Waals surface area contributed by atoms with Crippen LogP contribution in [0.2, 0.25) is 15.1 Å². The van der Waals surface area contributed by atoms with Crippen LogP contribution in [-0.4, -0.2) is 47.1 Å². The SMILES string of the molecule is Cc1cc(C#N)cc(C(=O)NC(C)(C)C)c1NC(=O)c1cc(Cn2cc(-c3ccc(Cl)cc3Cl)nn2)nn1-c1ncccc1Cl. The number of anilines is 1. The van der Waals surface area contributed by atoms with Gasteiger partial charge in [0.2, 0.25) is 0 Å². The Kier molecular flexibility index (Phi) is 8.93. The molecule has 0 aliphatic carbocycles. The Bertz CT molecular complexity index is 1990. The van der Waals surface area contributed by atoms with Crippen LogP contribution in [0.4, 0.5) is 5.69 Å². The number of hydrogen-bond acceptors (Lipinski definition) is 7. The molecule has 2 N–H and O–H groups in total. The molecule has 14 heteroatoms. The van der Waals surface area contributed by atoms with Gasteiger partial charge in [-0.15, -0.1) is 5.10 Å². The van der Waals surface area contributed by atoms with Crippen LogP contribution in [-0.2, 0) is 6.54 Å². The summed E-state index contributed by atoms with van der Waals surface area (Å²) in [5.74, 6) is -0.798. The number of rotatable bonds is 7. The minimum atomic E-state index is -0.583. The lowest BCUT2D eigenvalue weighted by atomic mass is 10.0. The van der Waals surface area contributed by atoms with E-state index in [-0.39, 0.29) is 39.9 Å². The molecule has 2 aromatic carbocycles. The number of benzene rings is 2. The van der Waals surface area contributed by atoms with Gasteiger partial charge < -0.3 is 10.6 Å². The zero-order valence-corrected chi connectivity index (χ0v) is 26.8. The van der Waals surface area contributed by atoms with Crippen LogP contribution in [0, 0.1) is 18.3 Å². The lowest BCUT2D eigenvalue weighted by Crippen LogP contribution is -2.41. The van der Waals surface area contributed by atoms with Gasteiger partial charge in [-0.1, -0.05) is 40.0 Å². The van der Waals surface area contributed by atoms with E-state index in [0.717, 1.165) is 0 Å². The van der Waals surface area contributed by atoms with Gasteiger partial charge >= 0.3 is 0 Å².